The van der Waals surface area contributed by atoms with Crippen LogP contribution in [0, 0.1) is 5.92 Å². The Balaban J connectivity index is 1.39. The number of anilines is 1. The van der Waals surface area contributed by atoms with E-state index in [-0.39, 0.29) is 38.7 Å². The molecule has 3 aliphatic rings. The van der Waals surface area contributed by atoms with Gasteiger partial charge < -0.3 is 34.5 Å². The van der Waals surface area contributed by atoms with E-state index in [9.17, 15) is 15.0 Å². The highest BCUT2D eigenvalue weighted by Crippen LogP contribution is 2.66. The van der Waals surface area contributed by atoms with Gasteiger partial charge in [-0.3, -0.25) is 19.3 Å². The van der Waals surface area contributed by atoms with Gasteiger partial charge in [-0.05, 0) is 46.0 Å². The van der Waals surface area contributed by atoms with E-state index in [2.05, 4.69) is 5.32 Å². The van der Waals surface area contributed by atoms with Crippen molar-refractivity contribution in [2.24, 2.45) is 5.92 Å². The van der Waals surface area contributed by atoms with Crippen LogP contribution < -0.4 is 15.0 Å². The highest BCUT2D eigenvalue weighted by atomic mass is 16.6. The summed E-state index contributed by atoms with van der Waals surface area (Å²) in [5, 5.41) is 23.8. The fourth-order valence-electron chi connectivity index (χ4n) is 9.16. The van der Waals surface area contributed by atoms with E-state index in [0.717, 1.165) is 10.5 Å². The molecule has 0 aromatic heterocycles. The van der Waals surface area contributed by atoms with E-state index < -0.39 is 65.5 Å². The van der Waals surface area contributed by atoms with Gasteiger partial charge in [0.2, 0.25) is 11.8 Å². The van der Waals surface area contributed by atoms with E-state index in [1.165, 1.54) is 7.11 Å². The fourth-order valence-corrected chi connectivity index (χ4v) is 9.16. The molecule has 0 radical (unpaired) electrons. The molecule has 0 saturated carbocycles. The Kier molecular flexibility index (Phi) is 11.8. The van der Waals surface area contributed by atoms with Crippen LogP contribution in [0.5, 0.6) is 5.75 Å². The number of hydrogen-bond acceptors (Lipinski definition) is 11. The zero-order chi connectivity index (χ0) is 41.8. The number of carbonyl (C=O) groups is 4. The molecule has 3 aliphatic heterocycles. The molecule has 3 N–H and O–H groups in total. The number of morpholine rings is 1. The number of aliphatic hydroxyl groups excluding tert-OH is 2. The predicted molar refractivity (Wildman–Crippen MR) is 219 cm³/mol. The van der Waals surface area contributed by atoms with Gasteiger partial charge in [-0.15, -0.1) is 0 Å². The van der Waals surface area contributed by atoms with Crippen molar-refractivity contribution in [1.29, 1.82) is 0 Å². The Bertz CT molecular complexity index is 2330. The third kappa shape index (κ3) is 7.09. The molecule has 0 aliphatic carbocycles. The van der Waals surface area contributed by atoms with E-state index in [4.69, 9.17) is 18.9 Å². The lowest BCUT2D eigenvalue weighted by molar-refractivity contribution is -0.178. The Morgan fingerprint density at radius 3 is 2.13 bits per heavy atom. The second-order valence-corrected chi connectivity index (χ2v) is 14.8. The molecular formula is C47H45N3O10. The van der Waals surface area contributed by atoms with Crippen LogP contribution in [0.3, 0.4) is 0 Å². The predicted octanol–water partition coefficient (Wildman–Crippen LogP) is 5.36. The summed E-state index contributed by atoms with van der Waals surface area (Å²) in [6.45, 7) is -0.605. The van der Waals surface area contributed by atoms with Gasteiger partial charge in [0.15, 0.2) is 0 Å². The first-order valence-electron chi connectivity index (χ1n) is 19.8. The zero-order valence-corrected chi connectivity index (χ0v) is 32.8. The Hall–Kier alpha value is -6.38. The second-order valence-electron chi connectivity index (χ2n) is 14.8. The fraction of sp³-hybridized carbons (Fsp3) is 0.277. The van der Waals surface area contributed by atoms with Gasteiger partial charge in [0.05, 0.1) is 43.0 Å². The summed E-state index contributed by atoms with van der Waals surface area (Å²) in [4.78, 5) is 63.3. The van der Waals surface area contributed by atoms with Crippen molar-refractivity contribution in [2.75, 3.05) is 45.0 Å². The average molecular weight is 812 g/mol. The summed E-state index contributed by atoms with van der Waals surface area (Å²) in [5.74, 6) is -3.41. The number of nitrogens with one attached hydrogen (secondary N) is 1. The summed E-state index contributed by atoms with van der Waals surface area (Å²) in [5.41, 5.74) is 0.996. The van der Waals surface area contributed by atoms with Crippen LogP contribution in [-0.2, 0) is 34.0 Å². The number of methoxy groups -OCH3 is 1. The first kappa shape index (κ1) is 40.4. The van der Waals surface area contributed by atoms with Crippen molar-refractivity contribution in [1.82, 2.24) is 10.2 Å². The van der Waals surface area contributed by atoms with Crippen LogP contribution in [0.1, 0.15) is 52.1 Å². The standard InChI is InChI=1S/C47H45N3O10/c1-57-26-27-59-46(56)49-36-23-12-11-22-35(36)47(45(49)55)38(43(53)48-29-37(52)30-14-5-2-6-15-30)40-44(54)60-41(32-18-9-4-10-19-32)39(31-16-7-3-8-17-31)50(40)42(47)33-20-13-21-34(28-33)58-25-24-51/h2-23,28,37-42,51-52H,24-27,29H2,1H3,(H,48,53)/t37-,38-,39-,40-,41+,42+,47-/m0/s1. The molecule has 13 heteroatoms. The lowest BCUT2D eigenvalue weighted by Gasteiger charge is -2.46. The molecule has 3 amide bonds. The highest BCUT2D eigenvalue weighted by Gasteiger charge is 2.75. The number of rotatable bonds is 13. The number of esters is 1. The normalized spacial score (nSPS) is 23.7. The number of carbonyl (C=O) groups excluding carboxylic acids is 4. The van der Waals surface area contributed by atoms with Crippen molar-refractivity contribution in [3.8, 4) is 5.75 Å². The van der Waals surface area contributed by atoms with Crippen LogP contribution in [0.2, 0.25) is 0 Å². The number of imide groups is 1. The molecular weight excluding hydrogens is 767 g/mol. The molecule has 5 aromatic rings. The molecule has 308 valence electrons. The molecule has 8 rings (SSSR count). The Morgan fingerprint density at radius 2 is 1.43 bits per heavy atom. The van der Waals surface area contributed by atoms with E-state index in [1.54, 1.807) is 72.8 Å². The highest BCUT2D eigenvalue weighted by molar-refractivity contribution is 6.23. The van der Waals surface area contributed by atoms with Crippen molar-refractivity contribution < 1.29 is 48.3 Å². The molecule has 13 nitrogen and oxygen atoms in total. The van der Waals surface area contributed by atoms with Crippen LogP contribution in [0.15, 0.2) is 140 Å². The maximum absolute atomic E-state index is 15.9. The first-order chi connectivity index (χ1) is 29.3. The van der Waals surface area contributed by atoms with Crippen molar-refractivity contribution in [3.05, 3.63) is 167 Å². The van der Waals surface area contributed by atoms with Crippen molar-refractivity contribution in [2.45, 2.75) is 35.7 Å². The summed E-state index contributed by atoms with van der Waals surface area (Å²) < 4.78 is 23.1. The van der Waals surface area contributed by atoms with Gasteiger partial charge in [0.1, 0.15) is 36.5 Å². The monoisotopic (exact) mass is 811 g/mol. The minimum Gasteiger partial charge on any atom is -0.491 e. The molecule has 7 atom stereocenters. The lowest BCUT2D eigenvalue weighted by atomic mass is 9.65. The number of ether oxygens (including phenoxy) is 4. The number of fused-ring (bicyclic) bond motifs is 3. The summed E-state index contributed by atoms with van der Waals surface area (Å²) in [6, 6.07) is 37.9. The number of nitrogens with zero attached hydrogens (tertiary/aromatic N) is 2. The topological polar surface area (TPSA) is 164 Å². The molecule has 0 unspecified atom stereocenters. The van der Waals surface area contributed by atoms with E-state index in [0.29, 0.717) is 28.0 Å². The average Bonchev–Trinajstić information content (AvgIpc) is 3.75. The largest absolute Gasteiger partial charge is 0.491 e. The van der Waals surface area contributed by atoms with E-state index >= 15 is 14.4 Å². The van der Waals surface area contributed by atoms with Gasteiger partial charge in [-0.1, -0.05) is 121 Å². The van der Waals surface area contributed by atoms with Crippen LogP contribution in [0.25, 0.3) is 0 Å². The molecule has 5 aromatic carbocycles. The quantitative estimate of drug-likeness (QED) is 0.104. The van der Waals surface area contributed by atoms with Gasteiger partial charge >= 0.3 is 12.1 Å². The minimum atomic E-state index is -1.99. The number of amides is 3. The maximum atomic E-state index is 15.9. The van der Waals surface area contributed by atoms with Crippen molar-refractivity contribution >= 4 is 29.6 Å². The summed E-state index contributed by atoms with van der Waals surface area (Å²) in [7, 11) is 1.46. The SMILES string of the molecule is COCCOC(=O)N1C(=O)[C@@]2(c3ccccc31)[C@H](C(=O)NC[C@H](O)c1ccccc1)[C@H]1C(=O)O[C@H](c3ccccc3)[C@H](c3ccccc3)N1[C@@H]2c1cccc(OCCO)c1. The van der Waals surface area contributed by atoms with Gasteiger partial charge in [0.25, 0.3) is 0 Å². The minimum absolute atomic E-state index is 0.0156. The van der Waals surface area contributed by atoms with Crippen LogP contribution >= 0.6 is 0 Å². The molecule has 2 saturated heterocycles. The second kappa shape index (κ2) is 17.5. The van der Waals surface area contributed by atoms with Gasteiger partial charge in [0, 0.05) is 13.7 Å². The van der Waals surface area contributed by atoms with Crippen LogP contribution in [-0.4, -0.2) is 85.1 Å². The molecule has 2 fully saturated rings. The van der Waals surface area contributed by atoms with Crippen LogP contribution in [0.4, 0.5) is 10.5 Å². The molecule has 60 heavy (non-hydrogen) atoms. The van der Waals surface area contributed by atoms with E-state index in [1.807, 2.05) is 71.6 Å². The first-order valence-corrected chi connectivity index (χ1v) is 19.8. The summed E-state index contributed by atoms with van der Waals surface area (Å²) >= 11 is 0. The maximum Gasteiger partial charge on any atom is 0.421 e. The third-order valence-electron chi connectivity index (χ3n) is 11.5. The van der Waals surface area contributed by atoms with Gasteiger partial charge in [-0.2, -0.15) is 0 Å². The Labute approximate surface area is 347 Å². The molecule has 1 spiro atoms. The molecule has 3 heterocycles. The van der Waals surface area contributed by atoms with Gasteiger partial charge in [-0.25, -0.2) is 9.69 Å². The third-order valence-corrected chi connectivity index (χ3v) is 11.5. The van der Waals surface area contributed by atoms with Crippen molar-refractivity contribution in [3.63, 3.8) is 0 Å². The number of para-hydroxylation sites is 1. The number of cyclic esters (lactones) is 1. The zero-order valence-electron chi connectivity index (χ0n) is 32.8. The molecule has 0 bridgehead atoms. The number of hydrogen-bond donors (Lipinski definition) is 3. The number of benzene rings is 5. The number of aliphatic hydroxyl groups is 2. The smallest absolute Gasteiger partial charge is 0.421 e. The lowest BCUT2D eigenvalue weighted by Crippen LogP contribution is -2.56. The Morgan fingerprint density at radius 1 is 0.783 bits per heavy atom. The summed E-state index contributed by atoms with van der Waals surface area (Å²) in [6.07, 6.45) is -3.02.